The van der Waals surface area contributed by atoms with E-state index in [0.717, 1.165) is 29.9 Å². The molecule has 8 heteroatoms. The summed E-state index contributed by atoms with van der Waals surface area (Å²) < 4.78 is 11.7. The SMILES string of the molecule is CCN(CC)CCN(C(=O)c1ccccc1Cl)c1nc2cc(OC)c(OC)cc2s1. The Morgan fingerprint density at radius 2 is 1.73 bits per heavy atom. The van der Waals surface area contributed by atoms with Crippen LogP contribution >= 0.6 is 22.9 Å². The maximum Gasteiger partial charge on any atom is 0.261 e. The van der Waals surface area contributed by atoms with E-state index in [4.69, 9.17) is 26.1 Å². The first kappa shape index (κ1) is 22.3. The predicted molar refractivity (Wildman–Crippen MR) is 124 cm³/mol. The van der Waals surface area contributed by atoms with Crippen molar-refractivity contribution >= 4 is 44.2 Å². The van der Waals surface area contributed by atoms with Crippen LogP contribution < -0.4 is 14.4 Å². The van der Waals surface area contributed by atoms with Gasteiger partial charge in [0.2, 0.25) is 0 Å². The molecule has 160 valence electrons. The van der Waals surface area contributed by atoms with Crippen LogP contribution in [-0.4, -0.2) is 56.2 Å². The first-order valence-electron chi connectivity index (χ1n) is 9.83. The number of hydrogen-bond donors (Lipinski definition) is 0. The van der Waals surface area contributed by atoms with Crippen molar-refractivity contribution < 1.29 is 14.3 Å². The van der Waals surface area contributed by atoms with E-state index in [2.05, 4.69) is 18.7 Å². The van der Waals surface area contributed by atoms with Gasteiger partial charge in [0, 0.05) is 25.2 Å². The van der Waals surface area contributed by atoms with Gasteiger partial charge in [-0.15, -0.1) is 0 Å². The standard InChI is InChI=1S/C22H26ClN3O3S/c1-5-25(6-2)11-12-26(21(27)15-9-7-8-10-16(15)23)22-24-17-13-18(28-3)19(29-4)14-20(17)30-22/h7-10,13-14H,5-6,11-12H2,1-4H3. The number of fused-ring (bicyclic) bond motifs is 1. The number of ether oxygens (including phenoxy) is 2. The number of anilines is 1. The van der Waals surface area contributed by atoms with Gasteiger partial charge in [-0.05, 0) is 25.2 Å². The van der Waals surface area contributed by atoms with Crippen LogP contribution in [-0.2, 0) is 0 Å². The van der Waals surface area contributed by atoms with Crippen LogP contribution in [0, 0.1) is 0 Å². The van der Waals surface area contributed by atoms with Crippen LogP contribution in [0.2, 0.25) is 5.02 Å². The molecular formula is C22H26ClN3O3S. The zero-order valence-electron chi connectivity index (χ0n) is 17.6. The number of methoxy groups -OCH3 is 2. The molecule has 0 atom stereocenters. The van der Waals surface area contributed by atoms with Gasteiger partial charge in [0.25, 0.3) is 5.91 Å². The molecule has 3 rings (SSSR count). The number of thiazole rings is 1. The van der Waals surface area contributed by atoms with Gasteiger partial charge in [-0.2, -0.15) is 0 Å². The highest BCUT2D eigenvalue weighted by Gasteiger charge is 2.24. The lowest BCUT2D eigenvalue weighted by atomic mass is 10.2. The maximum atomic E-state index is 13.4. The van der Waals surface area contributed by atoms with Crippen molar-refractivity contribution in [3.63, 3.8) is 0 Å². The van der Waals surface area contributed by atoms with E-state index in [1.807, 2.05) is 24.3 Å². The molecule has 30 heavy (non-hydrogen) atoms. The number of rotatable bonds is 9. The van der Waals surface area contributed by atoms with Crippen molar-refractivity contribution in [2.45, 2.75) is 13.8 Å². The normalized spacial score (nSPS) is 11.1. The maximum absolute atomic E-state index is 13.4. The highest BCUT2D eigenvalue weighted by atomic mass is 35.5. The molecule has 0 fully saturated rings. The molecule has 1 heterocycles. The molecule has 0 spiro atoms. The number of benzene rings is 2. The summed E-state index contributed by atoms with van der Waals surface area (Å²) >= 11 is 7.76. The monoisotopic (exact) mass is 447 g/mol. The number of carbonyl (C=O) groups excluding carboxylic acids is 1. The average Bonchev–Trinajstić information content (AvgIpc) is 3.18. The lowest BCUT2D eigenvalue weighted by molar-refractivity contribution is 0.0984. The minimum Gasteiger partial charge on any atom is -0.493 e. The number of nitrogens with zero attached hydrogens (tertiary/aromatic N) is 3. The number of aromatic nitrogens is 1. The Balaban J connectivity index is 2.02. The summed E-state index contributed by atoms with van der Waals surface area (Å²) in [6, 6.07) is 10.8. The van der Waals surface area contributed by atoms with Gasteiger partial charge in [0.1, 0.15) is 0 Å². The molecule has 1 aromatic heterocycles. The van der Waals surface area contributed by atoms with E-state index >= 15 is 0 Å². The largest absolute Gasteiger partial charge is 0.493 e. The number of likely N-dealkylation sites (N-methyl/N-ethyl adjacent to an activating group) is 1. The van der Waals surface area contributed by atoms with Crippen molar-refractivity contribution in [2.75, 3.05) is 45.3 Å². The highest BCUT2D eigenvalue weighted by molar-refractivity contribution is 7.22. The third kappa shape index (κ3) is 4.69. The minimum atomic E-state index is -0.161. The summed E-state index contributed by atoms with van der Waals surface area (Å²) in [7, 11) is 3.19. The molecule has 0 N–H and O–H groups in total. The molecule has 0 radical (unpaired) electrons. The molecule has 0 saturated heterocycles. The van der Waals surface area contributed by atoms with E-state index in [9.17, 15) is 4.79 Å². The molecule has 0 aliphatic rings. The van der Waals surface area contributed by atoms with Crippen LogP contribution in [0.5, 0.6) is 11.5 Å². The van der Waals surface area contributed by atoms with E-state index in [1.54, 1.807) is 31.3 Å². The Kier molecular flexibility index (Phi) is 7.53. The second-order valence-corrected chi connectivity index (χ2v) is 8.05. The molecule has 0 saturated carbocycles. The molecule has 1 amide bonds. The Morgan fingerprint density at radius 1 is 1.07 bits per heavy atom. The Hall–Kier alpha value is -2.35. The second kappa shape index (κ2) is 10.1. The third-order valence-electron chi connectivity index (χ3n) is 5.00. The Bertz CT molecular complexity index is 979. The zero-order valence-corrected chi connectivity index (χ0v) is 19.2. The molecule has 2 aromatic carbocycles. The summed E-state index contributed by atoms with van der Waals surface area (Å²) in [6.45, 7) is 7.31. The first-order valence-corrected chi connectivity index (χ1v) is 11.0. The number of carbonyl (C=O) groups is 1. The smallest absolute Gasteiger partial charge is 0.261 e. The van der Waals surface area contributed by atoms with Gasteiger partial charge >= 0.3 is 0 Å². The van der Waals surface area contributed by atoms with Gasteiger partial charge in [0.15, 0.2) is 16.6 Å². The first-order chi connectivity index (χ1) is 14.5. The van der Waals surface area contributed by atoms with E-state index in [-0.39, 0.29) is 5.91 Å². The summed E-state index contributed by atoms with van der Waals surface area (Å²) in [5, 5.41) is 1.05. The van der Waals surface area contributed by atoms with Crippen molar-refractivity contribution in [3.8, 4) is 11.5 Å². The fraction of sp³-hybridized carbons (Fsp3) is 0.364. The number of halogens is 1. The summed E-state index contributed by atoms with van der Waals surface area (Å²) in [5.41, 5.74) is 1.22. The fourth-order valence-electron chi connectivity index (χ4n) is 3.20. The van der Waals surface area contributed by atoms with Gasteiger partial charge in [0.05, 0.1) is 35.0 Å². The Morgan fingerprint density at radius 3 is 2.37 bits per heavy atom. The van der Waals surface area contributed by atoms with Crippen LogP contribution in [0.1, 0.15) is 24.2 Å². The minimum absolute atomic E-state index is 0.161. The van der Waals surface area contributed by atoms with Crippen LogP contribution in [0.4, 0.5) is 5.13 Å². The molecule has 3 aromatic rings. The van der Waals surface area contributed by atoms with Crippen LogP contribution in [0.3, 0.4) is 0 Å². The van der Waals surface area contributed by atoms with Crippen LogP contribution in [0.15, 0.2) is 36.4 Å². The summed E-state index contributed by atoms with van der Waals surface area (Å²) in [5.74, 6) is 1.08. The Labute approximate surface area is 186 Å². The van der Waals surface area contributed by atoms with Gasteiger partial charge in [-0.1, -0.05) is 48.9 Å². The lowest BCUT2D eigenvalue weighted by Gasteiger charge is -2.25. The molecular weight excluding hydrogens is 422 g/mol. The van der Waals surface area contributed by atoms with Crippen molar-refractivity contribution in [1.29, 1.82) is 0 Å². The predicted octanol–water partition coefficient (Wildman–Crippen LogP) is 4.96. The summed E-state index contributed by atoms with van der Waals surface area (Å²) in [4.78, 5) is 22.1. The molecule has 0 bridgehead atoms. The topological polar surface area (TPSA) is 54.9 Å². The number of hydrogen-bond acceptors (Lipinski definition) is 6. The summed E-state index contributed by atoms with van der Waals surface area (Å²) in [6.07, 6.45) is 0. The van der Waals surface area contributed by atoms with Gasteiger partial charge in [-0.3, -0.25) is 9.69 Å². The highest BCUT2D eigenvalue weighted by Crippen LogP contribution is 2.37. The second-order valence-electron chi connectivity index (χ2n) is 6.63. The third-order valence-corrected chi connectivity index (χ3v) is 6.37. The van der Waals surface area contributed by atoms with Crippen molar-refractivity contribution in [3.05, 3.63) is 47.0 Å². The van der Waals surface area contributed by atoms with E-state index in [1.165, 1.54) is 11.3 Å². The van der Waals surface area contributed by atoms with Crippen molar-refractivity contribution in [1.82, 2.24) is 9.88 Å². The van der Waals surface area contributed by atoms with Gasteiger partial charge < -0.3 is 14.4 Å². The zero-order chi connectivity index (χ0) is 21.7. The fourth-order valence-corrected chi connectivity index (χ4v) is 4.42. The molecule has 0 aliphatic carbocycles. The van der Waals surface area contributed by atoms with Crippen molar-refractivity contribution in [2.24, 2.45) is 0 Å². The van der Waals surface area contributed by atoms with Crippen LogP contribution in [0.25, 0.3) is 10.2 Å². The number of amides is 1. The quantitative estimate of drug-likeness (QED) is 0.464. The lowest BCUT2D eigenvalue weighted by Crippen LogP contribution is -2.39. The van der Waals surface area contributed by atoms with E-state index in [0.29, 0.717) is 33.8 Å². The molecule has 6 nitrogen and oxygen atoms in total. The molecule has 0 unspecified atom stereocenters. The van der Waals surface area contributed by atoms with E-state index < -0.39 is 0 Å². The molecule has 0 aliphatic heterocycles. The van der Waals surface area contributed by atoms with Gasteiger partial charge in [-0.25, -0.2) is 4.98 Å². The average molecular weight is 448 g/mol.